The minimum Gasteiger partial charge on any atom is -0.462 e. The van der Waals surface area contributed by atoms with Crippen LogP contribution >= 0.6 is 11.3 Å². The van der Waals surface area contributed by atoms with Crippen LogP contribution in [0.1, 0.15) is 33.3 Å². The SMILES string of the molecule is CCOC(=O)c1c(NC(=O)/C=C/c2cccc([N+](=O)[O-])c2)sc(C)c1C. The normalized spacial score (nSPS) is 10.7. The highest BCUT2D eigenvalue weighted by Gasteiger charge is 2.21. The third kappa shape index (κ3) is 4.54. The smallest absolute Gasteiger partial charge is 0.341 e. The van der Waals surface area contributed by atoms with Crippen molar-refractivity contribution in [2.45, 2.75) is 20.8 Å². The number of hydrogen-bond acceptors (Lipinski definition) is 6. The molecule has 7 nitrogen and oxygen atoms in total. The van der Waals surface area contributed by atoms with E-state index in [1.54, 1.807) is 26.0 Å². The lowest BCUT2D eigenvalue weighted by molar-refractivity contribution is -0.384. The fourth-order valence-electron chi connectivity index (χ4n) is 2.23. The number of amides is 1. The van der Waals surface area contributed by atoms with E-state index in [1.165, 1.54) is 35.6 Å². The van der Waals surface area contributed by atoms with E-state index >= 15 is 0 Å². The van der Waals surface area contributed by atoms with Gasteiger partial charge in [0.15, 0.2) is 0 Å². The van der Waals surface area contributed by atoms with Crippen molar-refractivity contribution in [3.8, 4) is 0 Å². The zero-order chi connectivity index (χ0) is 19.3. The summed E-state index contributed by atoms with van der Waals surface area (Å²) in [5.41, 5.74) is 1.60. The number of anilines is 1. The van der Waals surface area contributed by atoms with Gasteiger partial charge in [-0.05, 0) is 38.0 Å². The van der Waals surface area contributed by atoms with Crippen LogP contribution in [0.2, 0.25) is 0 Å². The molecule has 2 rings (SSSR count). The van der Waals surface area contributed by atoms with Crippen LogP contribution in [-0.4, -0.2) is 23.4 Å². The van der Waals surface area contributed by atoms with E-state index in [4.69, 9.17) is 4.74 Å². The molecule has 1 N–H and O–H groups in total. The number of non-ortho nitro benzene ring substituents is 1. The number of aryl methyl sites for hydroxylation is 1. The van der Waals surface area contributed by atoms with Crippen LogP contribution in [0, 0.1) is 24.0 Å². The molecule has 1 amide bonds. The average Bonchev–Trinajstić information content (AvgIpc) is 2.87. The van der Waals surface area contributed by atoms with Crippen LogP contribution < -0.4 is 5.32 Å². The van der Waals surface area contributed by atoms with Crippen molar-refractivity contribution >= 4 is 40.0 Å². The predicted octanol–water partition coefficient (Wildman–Crippen LogP) is 4.10. The molecular weight excluding hydrogens is 356 g/mol. The van der Waals surface area contributed by atoms with Crippen LogP contribution in [0.4, 0.5) is 10.7 Å². The molecule has 0 aliphatic heterocycles. The lowest BCUT2D eigenvalue weighted by atomic mass is 10.1. The number of nitro groups is 1. The first-order valence-electron chi connectivity index (χ1n) is 7.84. The highest BCUT2D eigenvalue weighted by Crippen LogP contribution is 2.33. The van der Waals surface area contributed by atoms with Gasteiger partial charge >= 0.3 is 5.97 Å². The first kappa shape index (κ1) is 19.3. The summed E-state index contributed by atoms with van der Waals surface area (Å²) in [6.07, 6.45) is 2.73. The van der Waals surface area contributed by atoms with E-state index in [0.29, 0.717) is 16.1 Å². The van der Waals surface area contributed by atoms with Crippen LogP contribution in [-0.2, 0) is 9.53 Å². The third-order valence-corrected chi connectivity index (χ3v) is 4.73. The standard InChI is InChI=1S/C18H18N2O5S/c1-4-25-18(22)16-11(2)12(3)26-17(16)19-15(21)9-8-13-6-5-7-14(10-13)20(23)24/h5-10H,4H2,1-3H3,(H,19,21)/b9-8+. The molecule has 0 spiro atoms. The maximum absolute atomic E-state index is 12.2. The average molecular weight is 374 g/mol. The van der Waals surface area contributed by atoms with Gasteiger partial charge in [-0.2, -0.15) is 0 Å². The lowest BCUT2D eigenvalue weighted by Gasteiger charge is -2.05. The molecule has 0 saturated heterocycles. The number of hydrogen-bond donors (Lipinski definition) is 1. The maximum atomic E-state index is 12.2. The second-order valence-corrected chi connectivity index (χ2v) is 6.61. The van der Waals surface area contributed by atoms with E-state index in [9.17, 15) is 19.7 Å². The molecule has 0 radical (unpaired) electrons. The fraction of sp³-hybridized carbons (Fsp3) is 0.222. The third-order valence-electron chi connectivity index (χ3n) is 3.61. The van der Waals surface area contributed by atoms with E-state index in [1.807, 2.05) is 6.92 Å². The van der Waals surface area contributed by atoms with Gasteiger partial charge in [-0.1, -0.05) is 12.1 Å². The molecule has 8 heteroatoms. The largest absolute Gasteiger partial charge is 0.462 e. The zero-order valence-corrected chi connectivity index (χ0v) is 15.4. The van der Waals surface area contributed by atoms with Crippen molar-refractivity contribution < 1.29 is 19.2 Å². The van der Waals surface area contributed by atoms with Gasteiger partial charge in [0.1, 0.15) is 5.00 Å². The number of esters is 1. The molecule has 0 aliphatic carbocycles. The Bertz CT molecular complexity index is 886. The Hall–Kier alpha value is -3.00. The van der Waals surface area contributed by atoms with Crippen molar-refractivity contribution in [1.82, 2.24) is 0 Å². The number of carbonyl (C=O) groups is 2. The highest BCUT2D eigenvalue weighted by atomic mass is 32.1. The summed E-state index contributed by atoms with van der Waals surface area (Å²) in [4.78, 5) is 35.5. The Morgan fingerprint density at radius 3 is 2.73 bits per heavy atom. The van der Waals surface area contributed by atoms with Crippen LogP contribution in [0.15, 0.2) is 30.3 Å². The molecule has 1 aromatic heterocycles. The molecule has 0 atom stereocenters. The quantitative estimate of drug-likeness (QED) is 0.355. The number of ether oxygens (including phenoxy) is 1. The van der Waals surface area contributed by atoms with Gasteiger partial charge in [0, 0.05) is 23.1 Å². The summed E-state index contributed by atoms with van der Waals surface area (Å²) in [7, 11) is 0. The molecular formula is C18H18N2O5S. The predicted molar refractivity (Wildman–Crippen MR) is 101 cm³/mol. The summed E-state index contributed by atoms with van der Waals surface area (Å²) in [5, 5.41) is 13.9. The molecule has 1 aromatic carbocycles. The van der Waals surface area contributed by atoms with Crippen LogP contribution in [0.25, 0.3) is 6.08 Å². The van der Waals surface area contributed by atoms with Gasteiger partial charge in [-0.25, -0.2) is 4.79 Å². The Morgan fingerprint density at radius 1 is 1.35 bits per heavy atom. The fourth-order valence-corrected chi connectivity index (χ4v) is 3.28. The zero-order valence-electron chi connectivity index (χ0n) is 14.6. The molecule has 0 saturated carbocycles. The molecule has 0 fully saturated rings. The first-order chi connectivity index (χ1) is 12.3. The number of thiophene rings is 1. The Kier molecular flexibility index (Phi) is 6.24. The minimum absolute atomic E-state index is 0.0540. The van der Waals surface area contributed by atoms with Gasteiger partial charge in [-0.15, -0.1) is 11.3 Å². The number of benzene rings is 1. The Labute approximate surface area is 154 Å². The van der Waals surface area contributed by atoms with Gasteiger partial charge in [-0.3, -0.25) is 14.9 Å². The number of nitrogens with one attached hydrogen (secondary N) is 1. The molecule has 0 aliphatic rings. The number of nitrogens with zero attached hydrogens (tertiary/aromatic N) is 1. The van der Waals surface area contributed by atoms with Crippen molar-refractivity contribution in [1.29, 1.82) is 0 Å². The second-order valence-electron chi connectivity index (χ2n) is 5.38. The lowest BCUT2D eigenvalue weighted by Crippen LogP contribution is -2.12. The minimum atomic E-state index is -0.500. The van der Waals surface area contributed by atoms with E-state index in [0.717, 1.165) is 10.4 Å². The van der Waals surface area contributed by atoms with Crippen molar-refractivity contribution in [2.75, 3.05) is 11.9 Å². The van der Waals surface area contributed by atoms with Crippen molar-refractivity contribution in [3.63, 3.8) is 0 Å². The van der Waals surface area contributed by atoms with Gasteiger partial charge in [0.25, 0.3) is 5.69 Å². The summed E-state index contributed by atoms with van der Waals surface area (Å²) >= 11 is 1.30. The number of nitro benzene ring substituents is 1. The van der Waals surface area contributed by atoms with Gasteiger partial charge in [0.2, 0.25) is 5.91 Å². The molecule has 1 heterocycles. The first-order valence-corrected chi connectivity index (χ1v) is 8.65. The van der Waals surface area contributed by atoms with E-state index < -0.39 is 16.8 Å². The highest BCUT2D eigenvalue weighted by molar-refractivity contribution is 7.16. The molecule has 26 heavy (non-hydrogen) atoms. The van der Waals surface area contributed by atoms with E-state index in [-0.39, 0.29) is 12.3 Å². The monoisotopic (exact) mass is 374 g/mol. The Balaban J connectivity index is 2.18. The molecule has 2 aromatic rings. The van der Waals surface area contributed by atoms with Gasteiger partial charge < -0.3 is 10.1 Å². The van der Waals surface area contributed by atoms with Gasteiger partial charge in [0.05, 0.1) is 17.1 Å². The molecule has 0 bridgehead atoms. The number of carbonyl (C=O) groups excluding carboxylic acids is 2. The van der Waals surface area contributed by atoms with E-state index in [2.05, 4.69) is 5.32 Å². The van der Waals surface area contributed by atoms with Crippen molar-refractivity contribution in [2.24, 2.45) is 0 Å². The summed E-state index contributed by atoms with van der Waals surface area (Å²) in [5.74, 6) is -0.921. The number of rotatable bonds is 6. The molecule has 0 unspecified atom stereocenters. The van der Waals surface area contributed by atoms with Crippen LogP contribution in [0.5, 0.6) is 0 Å². The second kappa shape index (κ2) is 8.39. The summed E-state index contributed by atoms with van der Waals surface area (Å²) < 4.78 is 5.04. The van der Waals surface area contributed by atoms with Crippen LogP contribution in [0.3, 0.4) is 0 Å². The summed E-state index contributed by atoms with van der Waals surface area (Å²) in [6.45, 7) is 5.61. The van der Waals surface area contributed by atoms with Crippen molar-refractivity contribution in [3.05, 3.63) is 62.0 Å². The Morgan fingerprint density at radius 2 is 2.08 bits per heavy atom. The topological polar surface area (TPSA) is 98.5 Å². The summed E-state index contributed by atoms with van der Waals surface area (Å²) in [6, 6.07) is 5.94. The maximum Gasteiger partial charge on any atom is 0.341 e. The molecule has 136 valence electrons.